The number of fused-ring (bicyclic) bond motifs is 1. The Balaban J connectivity index is 1.10. The normalized spacial score (nSPS) is 20.1. The smallest absolute Gasteiger partial charge is 0.337 e. The number of nitrogens with zero attached hydrogens (tertiary/aromatic N) is 6. The van der Waals surface area contributed by atoms with Gasteiger partial charge in [-0.25, -0.2) is 24.0 Å². The van der Waals surface area contributed by atoms with E-state index in [2.05, 4.69) is 31.2 Å². The van der Waals surface area contributed by atoms with Crippen LogP contribution in [-0.4, -0.2) is 68.9 Å². The summed E-state index contributed by atoms with van der Waals surface area (Å²) in [4.78, 5) is 31.6. The van der Waals surface area contributed by atoms with Crippen LogP contribution in [0.1, 0.15) is 48.2 Å². The van der Waals surface area contributed by atoms with Gasteiger partial charge in [-0.05, 0) is 62.6 Å². The minimum absolute atomic E-state index is 0.0220. The van der Waals surface area contributed by atoms with Crippen LogP contribution in [0.5, 0.6) is 11.6 Å². The SMILES string of the molecule is [C-]#[N+]c1cc(F)ccc1OCc1nccc(O[C@H]2CCN(Cc3nc4ccc(C(=O)OC)cc4n3C[C@@H]3CCO3)[C@@H](C)C2)n1. The molecule has 0 bridgehead atoms. The maximum atomic E-state index is 13.4. The maximum absolute atomic E-state index is 13.4. The van der Waals surface area contributed by atoms with Crippen molar-refractivity contribution in [3.05, 3.63) is 83.1 Å². The molecule has 0 saturated carbocycles. The number of halogens is 1. The topological polar surface area (TPSA) is 105 Å². The van der Waals surface area contributed by atoms with Crippen molar-refractivity contribution < 1.29 is 28.1 Å². The summed E-state index contributed by atoms with van der Waals surface area (Å²) < 4.78 is 38.2. The number of benzene rings is 2. The number of piperidine rings is 1. The van der Waals surface area contributed by atoms with Gasteiger partial charge in [-0.2, -0.15) is 4.98 Å². The molecule has 11 nitrogen and oxygen atoms in total. The van der Waals surface area contributed by atoms with Crippen molar-refractivity contribution in [1.82, 2.24) is 24.4 Å². The first-order valence-electron chi connectivity index (χ1n) is 14.6. The quantitative estimate of drug-likeness (QED) is 0.182. The Morgan fingerprint density at radius 1 is 1.18 bits per heavy atom. The number of ether oxygens (including phenoxy) is 4. The van der Waals surface area contributed by atoms with E-state index in [-0.39, 0.29) is 42.3 Å². The number of hydrogen-bond donors (Lipinski definition) is 0. The lowest BCUT2D eigenvalue weighted by molar-refractivity contribution is -0.0593. The highest BCUT2D eigenvalue weighted by Gasteiger charge is 2.29. The number of imidazole rings is 1. The van der Waals surface area contributed by atoms with Crippen molar-refractivity contribution >= 4 is 22.7 Å². The molecule has 2 aromatic heterocycles. The minimum atomic E-state index is -0.494. The third-order valence-corrected chi connectivity index (χ3v) is 8.10. The molecular formula is C32H33FN6O5. The summed E-state index contributed by atoms with van der Waals surface area (Å²) in [6.45, 7) is 12.4. The fourth-order valence-electron chi connectivity index (χ4n) is 5.60. The van der Waals surface area contributed by atoms with Gasteiger partial charge in [-0.1, -0.05) is 0 Å². The van der Waals surface area contributed by atoms with Crippen molar-refractivity contribution in [3.8, 4) is 11.6 Å². The second-order valence-corrected chi connectivity index (χ2v) is 11.0. The van der Waals surface area contributed by atoms with Crippen LogP contribution in [0.4, 0.5) is 10.1 Å². The van der Waals surface area contributed by atoms with E-state index >= 15 is 0 Å². The van der Waals surface area contributed by atoms with Crippen molar-refractivity contribution in [1.29, 1.82) is 0 Å². The fraction of sp³-hybridized carbons (Fsp3) is 0.406. The summed E-state index contributed by atoms with van der Waals surface area (Å²) in [7, 11) is 1.38. The summed E-state index contributed by atoms with van der Waals surface area (Å²) in [6.07, 6.45) is 4.33. The van der Waals surface area contributed by atoms with E-state index in [1.807, 2.05) is 12.1 Å². The van der Waals surface area contributed by atoms with Crippen LogP contribution in [-0.2, 0) is 29.2 Å². The summed E-state index contributed by atoms with van der Waals surface area (Å²) in [5.74, 6) is 1.20. The van der Waals surface area contributed by atoms with Gasteiger partial charge in [-0.15, -0.1) is 0 Å². The van der Waals surface area contributed by atoms with Gasteiger partial charge in [0, 0.05) is 31.5 Å². The van der Waals surface area contributed by atoms with Crippen LogP contribution >= 0.6 is 0 Å². The molecule has 2 aliphatic rings. The second kappa shape index (κ2) is 13.0. The Labute approximate surface area is 254 Å². The van der Waals surface area contributed by atoms with E-state index in [0.717, 1.165) is 55.3 Å². The summed E-state index contributed by atoms with van der Waals surface area (Å²) in [5.41, 5.74) is 2.33. The first kappa shape index (κ1) is 29.5. The molecule has 4 heterocycles. The number of aromatic nitrogens is 4. The predicted octanol–water partition coefficient (Wildman–Crippen LogP) is 5.10. The number of carbonyl (C=O) groups excluding carboxylic acids is 1. The van der Waals surface area contributed by atoms with E-state index in [9.17, 15) is 9.18 Å². The number of rotatable bonds is 10. The molecule has 0 N–H and O–H groups in total. The average Bonchev–Trinajstić information content (AvgIpc) is 3.35. The molecule has 2 fully saturated rings. The monoisotopic (exact) mass is 600 g/mol. The number of likely N-dealkylation sites (tertiary alicyclic amines) is 1. The summed E-state index contributed by atoms with van der Waals surface area (Å²) >= 11 is 0. The van der Waals surface area contributed by atoms with Gasteiger partial charge in [-0.3, -0.25) is 4.90 Å². The van der Waals surface area contributed by atoms with Crippen LogP contribution in [0, 0.1) is 12.4 Å². The van der Waals surface area contributed by atoms with Gasteiger partial charge in [0.15, 0.2) is 5.82 Å². The van der Waals surface area contributed by atoms with Crippen LogP contribution < -0.4 is 9.47 Å². The molecule has 0 spiro atoms. The molecule has 44 heavy (non-hydrogen) atoms. The molecule has 0 amide bonds. The van der Waals surface area contributed by atoms with Crippen molar-refractivity contribution in [2.45, 2.75) is 64.1 Å². The molecular weight excluding hydrogens is 567 g/mol. The molecule has 2 saturated heterocycles. The first-order chi connectivity index (χ1) is 21.4. The number of esters is 1. The van der Waals surface area contributed by atoms with Gasteiger partial charge >= 0.3 is 5.97 Å². The van der Waals surface area contributed by atoms with E-state index < -0.39 is 5.82 Å². The zero-order chi connectivity index (χ0) is 30.6. The number of methoxy groups -OCH3 is 1. The third-order valence-electron chi connectivity index (χ3n) is 8.10. The Bertz CT molecular complexity index is 1700. The second-order valence-electron chi connectivity index (χ2n) is 11.0. The van der Waals surface area contributed by atoms with Crippen LogP contribution in [0.15, 0.2) is 48.7 Å². The highest BCUT2D eigenvalue weighted by atomic mass is 19.1. The Morgan fingerprint density at radius 3 is 2.80 bits per heavy atom. The minimum Gasteiger partial charge on any atom is -0.497 e. The van der Waals surface area contributed by atoms with E-state index in [1.54, 1.807) is 18.3 Å². The maximum Gasteiger partial charge on any atom is 0.337 e. The zero-order valence-corrected chi connectivity index (χ0v) is 24.6. The van der Waals surface area contributed by atoms with Crippen LogP contribution in [0.3, 0.4) is 0 Å². The molecule has 0 aliphatic carbocycles. The van der Waals surface area contributed by atoms with E-state index in [4.69, 9.17) is 30.5 Å². The lowest BCUT2D eigenvalue weighted by atomic mass is 10.0. The summed E-state index contributed by atoms with van der Waals surface area (Å²) in [6, 6.07) is 11.2. The molecule has 3 atom stereocenters. The molecule has 2 aliphatic heterocycles. The Morgan fingerprint density at radius 2 is 2.05 bits per heavy atom. The molecule has 0 radical (unpaired) electrons. The third kappa shape index (κ3) is 6.49. The van der Waals surface area contributed by atoms with Gasteiger partial charge < -0.3 is 23.5 Å². The molecule has 4 aromatic rings. The average molecular weight is 601 g/mol. The molecule has 0 unspecified atom stereocenters. The van der Waals surface area contributed by atoms with Gasteiger partial charge in [0.2, 0.25) is 11.6 Å². The number of carbonyl (C=O) groups is 1. The number of hydrogen-bond acceptors (Lipinski definition) is 9. The van der Waals surface area contributed by atoms with Crippen LogP contribution in [0.2, 0.25) is 0 Å². The van der Waals surface area contributed by atoms with Crippen molar-refractivity contribution in [2.75, 3.05) is 20.3 Å². The molecule has 6 rings (SSSR count). The van der Waals surface area contributed by atoms with Gasteiger partial charge in [0.1, 0.15) is 30.1 Å². The Kier molecular flexibility index (Phi) is 8.67. The zero-order valence-electron chi connectivity index (χ0n) is 24.6. The molecule has 2 aromatic carbocycles. The fourth-order valence-corrected chi connectivity index (χ4v) is 5.60. The summed E-state index contributed by atoms with van der Waals surface area (Å²) in [5, 5.41) is 0. The lowest BCUT2D eigenvalue weighted by Gasteiger charge is -2.37. The van der Waals surface area contributed by atoms with Crippen LogP contribution in [0.25, 0.3) is 15.9 Å². The lowest BCUT2D eigenvalue weighted by Crippen LogP contribution is -2.44. The van der Waals surface area contributed by atoms with Crippen molar-refractivity contribution in [2.24, 2.45) is 0 Å². The molecule has 12 heteroatoms. The van der Waals surface area contributed by atoms with E-state index in [1.165, 1.54) is 19.2 Å². The Hall–Kier alpha value is -4.60. The highest BCUT2D eigenvalue weighted by molar-refractivity contribution is 5.93. The largest absolute Gasteiger partial charge is 0.497 e. The predicted molar refractivity (Wildman–Crippen MR) is 158 cm³/mol. The standard InChI is InChI=1S/C32H33FN6O5/c1-20-14-23(44-31-8-11-35-29(37-31)19-43-28-7-5-22(33)16-26(28)34-2)9-12-38(20)18-30-36-25-6-4-21(32(40)41-3)15-27(25)39(30)17-24-10-13-42-24/h4-8,11,15-16,20,23-24H,9-10,12-14,17-19H2,1,3H3/t20-,23-,24-/m0/s1. The van der Waals surface area contributed by atoms with Gasteiger partial charge in [0.25, 0.3) is 0 Å². The first-order valence-corrected chi connectivity index (χ1v) is 14.6. The van der Waals surface area contributed by atoms with Crippen molar-refractivity contribution in [3.63, 3.8) is 0 Å². The van der Waals surface area contributed by atoms with E-state index in [0.29, 0.717) is 30.4 Å². The molecule has 228 valence electrons. The highest BCUT2D eigenvalue weighted by Crippen LogP contribution is 2.30. The van der Waals surface area contributed by atoms with Gasteiger partial charge in [0.05, 0.1) is 49.5 Å².